The van der Waals surface area contributed by atoms with Crippen molar-refractivity contribution in [2.45, 2.75) is 13.3 Å². The van der Waals surface area contributed by atoms with Crippen LogP contribution in [0.5, 0.6) is 5.75 Å². The number of ether oxygens (including phenoxy) is 4. The van der Waals surface area contributed by atoms with Crippen molar-refractivity contribution in [2.75, 3.05) is 33.5 Å². The predicted octanol–water partition coefficient (Wildman–Crippen LogP) is 3.97. The molecular formula is C28H26N6O4. The summed E-state index contributed by atoms with van der Waals surface area (Å²) < 4.78 is 23.6. The molecule has 0 saturated carbocycles. The molecular weight excluding hydrogens is 484 g/mol. The highest BCUT2D eigenvalue weighted by atomic mass is 16.5. The minimum atomic E-state index is 0.136. The van der Waals surface area contributed by atoms with Gasteiger partial charge in [-0.2, -0.15) is 10.5 Å². The van der Waals surface area contributed by atoms with Gasteiger partial charge in [-0.1, -0.05) is 30.3 Å². The molecule has 2 heterocycles. The Kier molecular flexibility index (Phi) is 9.49. The lowest BCUT2D eigenvalue weighted by molar-refractivity contribution is 0.0544. The van der Waals surface area contributed by atoms with E-state index in [1.165, 1.54) is 0 Å². The maximum atomic E-state index is 9.70. The minimum absolute atomic E-state index is 0.136. The first-order valence-electron chi connectivity index (χ1n) is 11.9. The van der Waals surface area contributed by atoms with Gasteiger partial charge in [0, 0.05) is 24.4 Å². The number of nitrogens with zero attached hydrogens (tertiary/aromatic N) is 6. The zero-order chi connectivity index (χ0) is 26.6. The van der Waals surface area contributed by atoms with E-state index in [2.05, 4.69) is 16.2 Å². The highest BCUT2D eigenvalue weighted by Crippen LogP contribution is 2.27. The van der Waals surface area contributed by atoms with Crippen molar-refractivity contribution in [3.63, 3.8) is 0 Å². The van der Waals surface area contributed by atoms with Crippen molar-refractivity contribution < 1.29 is 18.9 Å². The molecule has 192 valence electrons. The van der Waals surface area contributed by atoms with Gasteiger partial charge in [-0.05, 0) is 35.9 Å². The molecule has 38 heavy (non-hydrogen) atoms. The summed E-state index contributed by atoms with van der Waals surface area (Å²) in [6.07, 6.45) is 1.55. The molecule has 0 amide bonds. The van der Waals surface area contributed by atoms with Crippen LogP contribution in [0, 0.1) is 22.7 Å². The summed E-state index contributed by atoms with van der Waals surface area (Å²) in [5.41, 5.74) is 2.97. The summed E-state index contributed by atoms with van der Waals surface area (Å²) in [5.74, 6) is 1.37. The number of methoxy groups -OCH3 is 1. The Morgan fingerprint density at radius 2 is 1.71 bits per heavy atom. The minimum Gasteiger partial charge on any atom is -0.490 e. The standard InChI is InChI=1S/C28H26N6O4/c1-35-11-12-36-13-14-38-26-8-7-22(15-24(26)17-29)27-32-28(23-9-10-31-25(16-23)18-30)34(33-27)20-37-19-21-5-3-2-4-6-21/h2-10,15-16H,11-14,19-20H2,1H3. The van der Waals surface area contributed by atoms with E-state index < -0.39 is 0 Å². The van der Waals surface area contributed by atoms with Gasteiger partial charge in [-0.15, -0.1) is 5.10 Å². The molecule has 10 heteroatoms. The lowest BCUT2D eigenvalue weighted by Gasteiger charge is -2.09. The molecule has 0 spiro atoms. The van der Waals surface area contributed by atoms with Gasteiger partial charge in [-0.3, -0.25) is 0 Å². The number of hydrogen-bond acceptors (Lipinski definition) is 9. The fraction of sp³-hybridized carbons (Fsp3) is 0.250. The smallest absolute Gasteiger partial charge is 0.181 e. The van der Waals surface area contributed by atoms with Crippen molar-refractivity contribution in [1.82, 2.24) is 19.7 Å². The Labute approximate surface area is 220 Å². The van der Waals surface area contributed by atoms with E-state index in [-0.39, 0.29) is 12.4 Å². The highest BCUT2D eigenvalue weighted by molar-refractivity contribution is 5.65. The molecule has 4 aromatic rings. The molecule has 10 nitrogen and oxygen atoms in total. The Balaban J connectivity index is 1.55. The van der Waals surface area contributed by atoms with Gasteiger partial charge in [-0.25, -0.2) is 14.6 Å². The normalized spacial score (nSPS) is 10.6. The maximum absolute atomic E-state index is 9.70. The van der Waals surface area contributed by atoms with Crippen molar-refractivity contribution in [1.29, 1.82) is 10.5 Å². The van der Waals surface area contributed by atoms with E-state index in [4.69, 9.17) is 23.9 Å². The van der Waals surface area contributed by atoms with Gasteiger partial charge in [0.1, 0.15) is 36.9 Å². The van der Waals surface area contributed by atoms with Crippen molar-refractivity contribution in [2.24, 2.45) is 0 Å². The van der Waals surface area contributed by atoms with E-state index in [1.54, 1.807) is 48.3 Å². The Hall–Kier alpha value is -4.61. The molecule has 2 aromatic heterocycles. The molecule has 0 atom stereocenters. The van der Waals surface area contributed by atoms with Crippen LogP contribution in [-0.2, 0) is 27.5 Å². The molecule has 0 N–H and O–H groups in total. The lowest BCUT2D eigenvalue weighted by Crippen LogP contribution is -2.10. The topological polar surface area (TPSA) is 128 Å². The van der Waals surface area contributed by atoms with Crippen LogP contribution in [0.1, 0.15) is 16.8 Å². The van der Waals surface area contributed by atoms with Crippen molar-refractivity contribution >= 4 is 0 Å². The summed E-state index contributed by atoms with van der Waals surface area (Å²) in [6.45, 7) is 2.20. The average molecular weight is 511 g/mol. The van der Waals surface area contributed by atoms with Gasteiger partial charge in [0.15, 0.2) is 11.6 Å². The van der Waals surface area contributed by atoms with Crippen LogP contribution < -0.4 is 4.74 Å². The molecule has 0 bridgehead atoms. The zero-order valence-corrected chi connectivity index (χ0v) is 20.9. The first kappa shape index (κ1) is 26.5. The van der Waals surface area contributed by atoms with E-state index >= 15 is 0 Å². The summed E-state index contributed by atoms with van der Waals surface area (Å²) in [7, 11) is 1.61. The number of rotatable bonds is 13. The van der Waals surface area contributed by atoms with Gasteiger partial charge < -0.3 is 18.9 Å². The first-order chi connectivity index (χ1) is 18.7. The van der Waals surface area contributed by atoms with E-state index in [0.29, 0.717) is 67.1 Å². The molecule has 0 fully saturated rings. The fourth-order valence-electron chi connectivity index (χ4n) is 3.56. The molecule has 0 aliphatic heterocycles. The molecule has 0 aliphatic rings. The number of benzene rings is 2. The monoisotopic (exact) mass is 510 g/mol. The van der Waals surface area contributed by atoms with E-state index in [9.17, 15) is 10.5 Å². The van der Waals surface area contributed by atoms with Crippen LogP contribution in [-0.4, -0.2) is 53.3 Å². The second-order valence-corrected chi connectivity index (χ2v) is 8.04. The Bertz CT molecular complexity index is 1430. The van der Waals surface area contributed by atoms with Crippen molar-refractivity contribution in [3.8, 4) is 40.7 Å². The second-order valence-electron chi connectivity index (χ2n) is 8.04. The summed E-state index contributed by atoms with van der Waals surface area (Å²) in [6, 6.07) is 22.6. The molecule has 0 radical (unpaired) electrons. The van der Waals surface area contributed by atoms with Gasteiger partial charge in [0.05, 0.1) is 32.0 Å². The third-order valence-electron chi connectivity index (χ3n) is 5.40. The van der Waals surface area contributed by atoms with Crippen LogP contribution in [0.25, 0.3) is 22.8 Å². The lowest BCUT2D eigenvalue weighted by atomic mass is 10.1. The summed E-state index contributed by atoms with van der Waals surface area (Å²) >= 11 is 0. The summed E-state index contributed by atoms with van der Waals surface area (Å²) in [4.78, 5) is 8.76. The van der Waals surface area contributed by atoms with E-state index in [1.807, 2.05) is 36.4 Å². The second kappa shape index (κ2) is 13.6. The average Bonchev–Trinajstić information content (AvgIpc) is 3.39. The molecule has 0 aliphatic carbocycles. The van der Waals surface area contributed by atoms with Gasteiger partial charge >= 0.3 is 0 Å². The third-order valence-corrected chi connectivity index (χ3v) is 5.40. The largest absolute Gasteiger partial charge is 0.490 e. The number of nitriles is 2. The quantitative estimate of drug-likeness (QED) is 0.245. The number of aromatic nitrogens is 4. The van der Waals surface area contributed by atoms with Crippen LogP contribution >= 0.6 is 0 Å². The predicted molar refractivity (Wildman–Crippen MR) is 138 cm³/mol. The van der Waals surface area contributed by atoms with Crippen LogP contribution in [0.3, 0.4) is 0 Å². The van der Waals surface area contributed by atoms with Crippen LogP contribution in [0.15, 0.2) is 66.9 Å². The first-order valence-corrected chi connectivity index (χ1v) is 11.9. The maximum Gasteiger partial charge on any atom is 0.181 e. The Morgan fingerprint density at radius 3 is 2.50 bits per heavy atom. The van der Waals surface area contributed by atoms with E-state index in [0.717, 1.165) is 5.56 Å². The zero-order valence-electron chi connectivity index (χ0n) is 20.9. The Morgan fingerprint density at radius 1 is 0.868 bits per heavy atom. The number of pyridine rings is 1. The molecule has 0 saturated heterocycles. The van der Waals surface area contributed by atoms with Gasteiger partial charge in [0.2, 0.25) is 0 Å². The summed E-state index contributed by atoms with van der Waals surface area (Å²) in [5, 5.41) is 23.6. The van der Waals surface area contributed by atoms with Crippen LogP contribution in [0.2, 0.25) is 0 Å². The van der Waals surface area contributed by atoms with Crippen molar-refractivity contribution in [3.05, 3.63) is 83.7 Å². The fourth-order valence-corrected chi connectivity index (χ4v) is 3.56. The molecule has 2 aromatic carbocycles. The number of hydrogen-bond donors (Lipinski definition) is 0. The SMILES string of the molecule is COCCOCCOc1ccc(-c2nc(-c3ccnc(C#N)c3)n(COCc3ccccc3)n2)cc1C#N. The molecule has 4 rings (SSSR count). The van der Waals surface area contributed by atoms with Crippen LogP contribution in [0.4, 0.5) is 0 Å². The third kappa shape index (κ3) is 6.99. The van der Waals surface area contributed by atoms with Gasteiger partial charge in [0.25, 0.3) is 0 Å². The molecule has 0 unspecified atom stereocenters. The highest BCUT2D eigenvalue weighted by Gasteiger charge is 2.16.